The molecule has 0 amide bonds. The van der Waals surface area contributed by atoms with Crippen LogP contribution in [0.2, 0.25) is 0 Å². The molecule has 2 atom stereocenters. The lowest BCUT2D eigenvalue weighted by atomic mass is 10.1. The largest absolute Gasteiger partial charge is 0.403 e. The molecule has 2 heterocycles. The second-order valence-corrected chi connectivity index (χ2v) is 4.48. The van der Waals surface area contributed by atoms with Crippen molar-refractivity contribution in [3.63, 3.8) is 0 Å². The van der Waals surface area contributed by atoms with Crippen molar-refractivity contribution in [3.8, 4) is 0 Å². The van der Waals surface area contributed by atoms with Crippen molar-refractivity contribution in [1.82, 2.24) is 9.58 Å². The van der Waals surface area contributed by atoms with E-state index in [1.165, 1.54) is 23.9 Å². The summed E-state index contributed by atoms with van der Waals surface area (Å²) < 4.78 is 39.5. The van der Waals surface area contributed by atoms with E-state index in [0.29, 0.717) is 0 Å². The Morgan fingerprint density at radius 3 is 2.74 bits per heavy atom. The number of aromatic nitrogens is 1. The molecule has 1 unspecified atom stereocenters. The first-order valence-electron chi connectivity index (χ1n) is 5.70. The Kier molecular flexibility index (Phi) is 3.31. The van der Waals surface area contributed by atoms with Crippen molar-refractivity contribution in [3.05, 3.63) is 33.7 Å². The highest BCUT2D eigenvalue weighted by Crippen LogP contribution is 2.31. The maximum Gasteiger partial charge on any atom is 0.403 e. The molecule has 1 aliphatic rings. The average Bonchev–Trinajstić information content (AvgIpc) is 2.32. The number of pyridine rings is 1. The first-order chi connectivity index (χ1) is 8.73. The lowest BCUT2D eigenvalue weighted by molar-refractivity contribution is -0.204. The fourth-order valence-electron chi connectivity index (χ4n) is 2.05. The number of nitrogens with one attached hydrogen (secondary N) is 1. The van der Waals surface area contributed by atoms with Crippen molar-refractivity contribution in [2.45, 2.75) is 32.3 Å². The topological polar surface area (TPSA) is 57.5 Å². The Bertz CT molecular complexity index is 541. The summed E-state index contributed by atoms with van der Waals surface area (Å²) in [5.41, 5.74) is 2.74. The Morgan fingerprint density at radius 2 is 2.16 bits per heavy atom. The van der Waals surface area contributed by atoms with Gasteiger partial charge in [-0.25, -0.2) is 4.90 Å². The molecule has 0 fully saturated rings. The summed E-state index contributed by atoms with van der Waals surface area (Å²) in [6.45, 7) is 2.27. The van der Waals surface area contributed by atoms with Gasteiger partial charge >= 0.3 is 6.18 Å². The van der Waals surface area contributed by atoms with Gasteiger partial charge in [-0.3, -0.25) is 9.47 Å². The average molecular weight is 277 g/mol. The van der Waals surface area contributed by atoms with E-state index in [-0.39, 0.29) is 23.4 Å². The molecule has 8 heteroatoms. The molecule has 1 aliphatic heterocycles. The molecule has 2 N–H and O–H groups in total. The van der Waals surface area contributed by atoms with Crippen LogP contribution in [0.25, 0.3) is 0 Å². The van der Waals surface area contributed by atoms with Gasteiger partial charge in [0.15, 0.2) is 11.7 Å². The van der Waals surface area contributed by atoms with Crippen LogP contribution in [0.4, 0.5) is 13.2 Å². The third kappa shape index (κ3) is 2.33. The highest BCUT2D eigenvalue weighted by Gasteiger charge is 2.44. The Hall–Kier alpha value is -1.54. The highest BCUT2D eigenvalue weighted by atomic mass is 19.4. The molecule has 1 aromatic rings. The van der Waals surface area contributed by atoms with Crippen LogP contribution in [-0.4, -0.2) is 33.6 Å². The summed E-state index contributed by atoms with van der Waals surface area (Å²) in [6.07, 6.45) is -4.54. The fraction of sp³-hybridized carbons (Fsp3) is 0.545. The minimum Gasteiger partial charge on any atom is -0.372 e. The summed E-state index contributed by atoms with van der Waals surface area (Å²) in [7, 11) is 0. The number of halogens is 3. The van der Waals surface area contributed by atoms with Crippen molar-refractivity contribution in [2.24, 2.45) is 0 Å². The zero-order valence-electron chi connectivity index (χ0n) is 10.4. The standard InChI is InChI=1S/C11H14F3N3O2/c1-6-8(18)3-4-17-9(6)10(19)16(5-15-17)7(2)11(12,13)14/h3-4,7,10,15,19H,5H2,1-2H3/t7-,10?/m0/s1. The second-order valence-electron chi connectivity index (χ2n) is 4.48. The van der Waals surface area contributed by atoms with Crippen molar-refractivity contribution in [1.29, 1.82) is 0 Å². The number of nitrogens with zero attached hydrogens (tertiary/aromatic N) is 2. The molecule has 1 aromatic heterocycles. The number of hydrogen-bond acceptors (Lipinski definition) is 4. The molecule has 0 aliphatic carbocycles. The molecule has 106 valence electrons. The van der Waals surface area contributed by atoms with Gasteiger partial charge in [-0.1, -0.05) is 0 Å². The van der Waals surface area contributed by atoms with Crippen LogP contribution in [0.3, 0.4) is 0 Å². The Morgan fingerprint density at radius 1 is 1.53 bits per heavy atom. The lowest BCUT2D eigenvalue weighted by Crippen LogP contribution is -2.53. The van der Waals surface area contributed by atoms with Crippen LogP contribution in [0, 0.1) is 6.92 Å². The van der Waals surface area contributed by atoms with Gasteiger partial charge in [0, 0.05) is 17.8 Å². The number of alkyl halides is 3. The van der Waals surface area contributed by atoms with E-state index < -0.39 is 18.4 Å². The first kappa shape index (κ1) is 13.9. The van der Waals surface area contributed by atoms with Gasteiger partial charge in [0.2, 0.25) is 0 Å². The fourth-order valence-corrected chi connectivity index (χ4v) is 2.05. The van der Waals surface area contributed by atoms with Crippen LogP contribution in [0.15, 0.2) is 17.1 Å². The summed E-state index contributed by atoms with van der Waals surface area (Å²) in [6, 6.07) is -0.528. The van der Waals surface area contributed by atoms with Crippen LogP contribution in [-0.2, 0) is 0 Å². The van der Waals surface area contributed by atoms with Gasteiger partial charge in [-0.05, 0) is 13.8 Å². The smallest absolute Gasteiger partial charge is 0.372 e. The normalized spacial score (nSPS) is 21.7. The summed E-state index contributed by atoms with van der Waals surface area (Å²) in [5.74, 6) is 0. The molecular formula is C11H14F3N3O2. The lowest BCUT2D eigenvalue weighted by Gasteiger charge is -2.40. The number of fused-ring (bicyclic) bond motifs is 1. The molecule has 0 aromatic carbocycles. The van der Waals surface area contributed by atoms with Crippen LogP contribution in [0.5, 0.6) is 0 Å². The molecule has 0 spiro atoms. The zero-order chi connectivity index (χ0) is 14.4. The monoisotopic (exact) mass is 277 g/mol. The van der Waals surface area contributed by atoms with Gasteiger partial charge in [-0.2, -0.15) is 13.2 Å². The van der Waals surface area contributed by atoms with Gasteiger partial charge < -0.3 is 10.5 Å². The molecule has 19 heavy (non-hydrogen) atoms. The summed E-state index contributed by atoms with van der Waals surface area (Å²) in [5, 5.41) is 10.1. The third-order valence-corrected chi connectivity index (χ3v) is 3.34. The van der Waals surface area contributed by atoms with E-state index in [4.69, 9.17) is 0 Å². The molecule has 0 saturated carbocycles. The molecule has 2 rings (SSSR count). The van der Waals surface area contributed by atoms with E-state index in [0.717, 1.165) is 11.8 Å². The van der Waals surface area contributed by atoms with Crippen molar-refractivity contribution in [2.75, 3.05) is 12.1 Å². The predicted octanol–water partition coefficient (Wildman–Crippen LogP) is 0.915. The molecule has 5 nitrogen and oxygen atoms in total. The minimum atomic E-state index is -4.45. The van der Waals surface area contributed by atoms with Crippen molar-refractivity contribution < 1.29 is 18.3 Å². The van der Waals surface area contributed by atoms with E-state index >= 15 is 0 Å². The summed E-state index contributed by atoms with van der Waals surface area (Å²) in [4.78, 5) is 12.4. The number of hydrogen-bond donors (Lipinski definition) is 2. The van der Waals surface area contributed by atoms with Gasteiger partial charge in [0.05, 0.1) is 12.4 Å². The molecule has 0 saturated heterocycles. The SMILES string of the molecule is Cc1c2n(ccc1=O)NCN([C@@H](C)C(F)(F)F)C2O. The van der Waals surface area contributed by atoms with Gasteiger partial charge in [-0.15, -0.1) is 0 Å². The Labute approximate surface area is 107 Å². The highest BCUT2D eigenvalue weighted by molar-refractivity contribution is 5.24. The van der Waals surface area contributed by atoms with E-state index in [1.54, 1.807) is 0 Å². The molecule has 0 radical (unpaired) electrons. The maximum atomic E-state index is 12.7. The molecular weight excluding hydrogens is 263 g/mol. The van der Waals surface area contributed by atoms with Crippen molar-refractivity contribution >= 4 is 0 Å². The Balaban J connectivity index is 2.42. The number of aliphatic hydroxyl groups excluding tert-OH is 1. The zero-order valence-corrected chi connectivity index (χ0v) is 10.4. The first-order valence-corrected chi connectivity index (χ1v) is 5.70. The van der Waals surface area contributed by atoms with Crippen LogP contribution >= 0.6 is 0 Å². The molecule has 0 bridgehead atoms. The van der Waals surface area contributed by atoms with Crippen LogP contribution < -0.4 is 10.9 Å². The quantitative estimate of drug-likeness (QED) is 0.801. The van der Waals surface area contributed by atoms with E-state index in [2.05, 4.69) is 5.43 Å². The van der Waals surface area contributed by atoms with E-state index in [9.17, 15) is 23.1 Å². The third-order valence-electron chi connectivity index (χ3n) is 3.34. The van der Waals surface area contributed by atoms with E-state index in [1.807, 2.05) is 0 Å². The van der Waals surface area contributed by atoms with Gasteiger partial charge in [0.25, 0.3) is 0 Å². The predicted molar refractivity (Wildman–Crippen MR) is 62.0 cm³/mol. The number of aliphatic hydroxyl groups is 1. The summed E-state index contributed by atoms with van der Waals surface area (Å²) >= 11 is 0. The van der Waals surface area contributed by atoms with Crippen LogP contribution in [0.1, 0.15) is 24.4 Å². The maximum absolute atomic E-state index is 12.7. The minimum absolute atomic E-state index is 0.134. The van der Waals surface area contributed by atoms with Gasteiger partial charge in [0.1, 0.15) is 6.04 Å². The number of rotatable bonds is 1. The second kappa shape index (κ2) is 4.53.